The molecule has 0 radical (unpaired) electrons. The van der Waals surface area contributed by atoms with Crippen molar-refractivity contribution in [2.45, 2.75) is 0 Å². The summed E-state index contributed by atoms with van der Waals surface area (Å²) in [6, 6.07) is 22.1. The summed E-state index contributed by atoms with van der Waals surface area (Å²) >= 11 is 0. The molecule has 0 aliphatic rings. The Morgan fingerprint density at radius 2 is 1.67 bits per heavy atom. The van der Waals surface area contributed by atoms with Crippen molar-refractivity contribution >= 4 is 22.8 Å². The van der Waals surface area contributed by atoms with E-state index in [0.29, 0.717) is 28.1 Å². The van der Waals surface area contributed by atoms with E-state index < -0.39 is 0 Å². The maximum atomic E-state index is 13.2. The van der Waals surface area contributed by atoms with Crippen LogP contribution in [-0.2, 0) is 0 Å². The van der Waals surface area contributed by atoms with Gasteiger partial charge in [-0.2, -0.15) is 10.2 Å². The quantitative estimate of drug-likeness (QED) is 0.433. The lowest BCUT2D eigenvalue weighted by atomic mass is 10.1. The summed E-state index contributed by atoms with van der Waals surface area (Å²) in [6.07, 6.45) is 1.70. The summed E-state index contributed by atoms with van der Waals surface area (Å²) < 4.78 is 1.68. The van der Waals surface area contributed by atoms with Gasteiger partial charge in [0.05, 0.1) is 16.6 Å². The molecular formula is C22H16N6O2. The van der Waals surface area contributed by atoms with Gasteiger partial charge in [0.1, 0.15) is 11.3 Å². The number of hydrogen-bond acceptors (Lipinski definition) is 4. The normalized spacial score (nSPS) is 10.9. The minimum atomic E-state index is -0.351. The average Bonchev–Trinajstić information content (AvgIpc) is 3.40. The van der Waals surface area contributed by atoms with E-state index in [1.54, 1.807) is 16.9 Å². The predicted molar refractivity (Wildman–Crippen MR) is 114 cm³/mol. The van der Waals surface area contributed by atoms with Crippen LogP contribution in [0, 0.1) is 0 Å². The SMILES string of the molecule is O=C(Nc1n[nH]c2[nH]c(=O)ccc12)c1cn(-c2ccccc2)nc1-c1ccccc1. The van der Waals surface area contributed by atoms with Gasteiger partial charge in [0.15, 0.2) is 5.82 Å². The number of H-pyrrole nitrogens is 2. The lowest BCUT2D eigenvalue weighted by Crippen LogP contribution is -2.13. The smallest absolute Gasteiger partial charge is 0.260 e. The number of pyridine rings is 1. The number of nitrogens with one attached hydrogen (secondary N) is 3. The summed E-state index contributed by atoms with van der Waals surface area (Å²) in [5.74, 6) is -0.0200. The van der Waals surface area contributed by atoms with E-state index in [2.05, 4.69) is 25.6 Å². The molecule has 2 aromatic carbocycles. The fraction of sp³-hybridized carbons (Fsp3) is 0. The van der Waals surface area contributed by atoms with Crippen molar-refractivity contribution in [1.29, 1.82) is 0 Å². The van der Waals surface area contributed by atoms with Gasteiger partial charge < -0.3 is 10.3 Å². The monoisotopic (exact) mass is 396 g/mol. The molecule has 0 unspecified atom stereocenters. The van der Waals surface area contributed by atoms with Crippen molar-refractivity contribution in [2.75, 3.05) is 5.32 Å². The Balaban J connectivity index is 1.57. The van der Waals surface area contributed by atoms with Crippen molar-refractivity contribution in [3.8, 4) is 16.9 Å². The third-order valence-corrected chi connectivity index (χ3v) is 4.71. The number of amides is 1. The molecule has 0 saturated heterocycles. The van der Waals surface area contributed by atoms with Gasteiger partial charge in [-0.05, 0) is 18.2 Å². The van der Waals surface area contributed by atoms with Crippen LogP contribution in [0.5, 0.6) is 0 Å². The van der Waals surface area contributed by atoms with Crippen LogP contribution in [0.15, 0.2) is 83.8 Å². The van der Waals surface area contributed by atoms with Gasteiger partial charge in [0.25, 0.3) is 5.91 Å². The second kappa shape index (κ2) is 7.17. The van der Waals surface area contributed by atoms with Crippen LogP contribution in [0.4, 0.5) is 5.82 Å². The molecule has 0 bridgehead atoms. The Hall–Kier alpha value is -4.46. The third-order valence-electron chi connectivity index (χ3n) is 4.71. The summed E-state index contributed by atoms with van der Waals surface area (Å²) in [4.78, 5) is 27.3. The fourth-order valence-electron chi connectivity index (χ4n) is 3.26. The van der Waals surface area contributed by atoms with Gasteiger partial charge in [-0.1, -0.05) is 48.5 Å². The van der Waals surface area contributed by atoms with E-state index in [4.69, 9.17) is 0 Å². The highest BCUT2D eigenvalue weighted by atomic mass is 16.2. The topological polar surface area (TPSA) is 108 Å². The first-order valence-electron chi connectivity index (χ1n) is 9.28. The molecule has 5 aromatic rings. The van der Waals surface area contributed by atoms with E-state index in [1.165, 1.54) is 6.07 Å². The van der Waals surface area contributed by atoms with E-state index in [1.807, 2.05) is 60.7 Å². The molecule has 0 saturated carbocycles. The summed E-state index contributed by atoms with van der Waals surface area (Å²) in [7, 11) is 0. The summed E-state index contributed by atoms with van der Waals surface area (Å²) in [5.41, 5.74) is 2.83. The molecule has 3 heterocycles. The van der Waals surface area contributed by atoms with Crippen LogP contribution in [0.3, 0.4) is 0 Å². The molecule has 0 aliphatic heterocycles. The van der Waals surface area contributed by atoms with E-state index in [-0.39, 0.29) is 11.5 Å². The maximum absolute atomic E-state index is 13.2. The van der Waals surface area contributed by atoms with Crippen LogP contribution in [0.25, 0.3) is 28.0 Å². The molecule has 5 rings (SSSR count). The number of anilines is 1. The maximum Gasteiger partial charge on any atom is 0.260 e. The second-order valence-corrected chi connectivity index (χ2v) is 6.68. The first-order valence-corrected chi connectivity index (χ1v) is 9.28. The molecule has 30 heavy (non-hydrogen) atoms. The molecule has 1 amide bonds. The number of para-hydroxylation sites is 1. The number of fused-ring (bicyclic) bond motifs is 1. The average molecular weight is 396 g/mol. The zero-order valence-electron chi connectivity index (χ0n) is 15.7. The van der Waals surface area contributed by atoms with Gasteiger partial charge in [0.2, 0.25) is 5.56 Å². The number of nitrogens with zero attached hydrogens (tertiary/aromatic N) is 3. The minimum absolute atomic E-state index is 0.250. The number of aromatic nitrogens is 5. The van der Waals surface area contributed by atoms with E-state index in [9.17, 15) is 9.59 Å². The zero-order chi connectivity index (χ0) is 20.5. The molecule has 0 aliphatic carbocycles. The van der Waals surface area contributed by atoms with Crippen LogP contribution in [-0.4, -0.2) is 30.9 Å². The third kappa shape index (κ3) is 3.16. The lowest BCUT2D eigenvalue weighted by Gasteiger charge is -2.03. The minimum Gasteiger partial charge on any atom is -0.307 e. The van der Waals surface area contributed by atoms with Crippen LogP contribution < -0.4 is 10.9 Å². The van der Waals surface area contributed by atoms with Crippen molar-refractivity contribution in [3.63, 3.8) is 0 Å². The van der Waals surface area contributed by atoms with Crippen molar-refractivity contribution in [3.05, 3.63) is 94.9 Å². The summed E-state index contributed by atoms with van der Waals surface area (Å²) in [5, 5.41) is 14.9. The lowest BCUT2D eigenvalue weighted by molar-refractivity contribution is 0.102. The molecule has 0 atom stereocenters. The molecular weight excluding hydrogens is 380 g/mol. The first-order chi connectivity index (χ1) is 14.7. The number of carbonyl (C=O) groups excluding carboxylic acids is 1. The fourth-order valence-corrected chi connectivity index (χ4v) is 3.26. The number of rotatable bonds is 4. The Morgan fingerprint density at radius 1 is 0.933 bits per heavy atom. The van der Waals surface area contributed by atoms with Gasteiger partial charge in [-0.25, -0.2) is 4.68 Å². The predicted octanol–water partition coefficient (Wildman–Crippen LogP) is 3.36. The van der Waals surface area contributed by atoms with E-state index >= 15 is 0 Å². The largest absolute Gasteiger partial charge is 0.307 e. The van der Waals surface area contributed by atoms with E-state index in [0.717, 1.165) is 11.3 Å². The molecule has 3 aromatic heterocycles. The second-order valence-electron chi connectivity index (χ2n) is 6.68. The first kappa shape index (κ1) is 17.6. The Morgan fingerprint density at radius 3 is 2.43 bits per heavy atom. The van der Waals surface area contributed by atoms with Gasteiger partial charge in [-0.3, -0.25) is 14.7 Å². The zero-order valence-corrected chi connectivity index (χ0v) is 15.7. The Bertz CT molecular complexity index is 1400. The molecule has 8 heteroatoms. The van der Waals surface area contributed by atoms with Crippen molar-refractivity contribution in [1.82, 2.24) is 25.0 Å². The summed E-state index contributed by atoms with van der Waals surface area (Å²) in [6.45, 7) is 0. The molecule has 0 spiro atoms. The molecule has 146 valence electrons. The van der Waals surface area contributed by atoms with Gasteiger partial charge in [0, 0.05) is 17.8 Å². The van der Waals surface area contributed by atoms with Crippen LogP contribution in [0.2, 0.25) is 0 Å². The molecule has 8 nitrogen and oxygen atoms in total. The number of aromatic amines is 2. The molecule has 0 fully saturated rings. The highest BCUT2D eigenvalue weighted by molar-refractivity contribution is 6.10. The molecule has 3 N–H and O–H groups in total. The Labute approximate surface area is 170 Å². The highest BCUT2D eigenvalue weighted by Crippen LogP contribution is 2.25. The van der Waals surface area contributed by atoms with Crippen LogP contribution >= 0.6 is 0 Å². The highest BCUT2D eigenvalue weighted by Gasteiger charge is 2.20. The van der Waals surface area contributed by atoms with Crippen molar-refractivity contribution < 1.29 is 4.79 Å². The van der Waals surface area contributed by atoms with Gasteiger partial charge in [-0.15, -0.1) is 0 Å². The number of benzene rings is 2. The standard InChI is InChI=1S/C22H16N6O2/c29-18-12-11-16-20(23-18)25-26-21(16)24-22(30)17-13-28(15-9-5-2-6-10-15)27-19(17)14-7-3-1-4-8-14/h1-13H,(H3,23,24,25,26,29,30). The Kier molecular flexibility index (Phi) is 4.21. The number of hydrogen-bond donors (Lipinski definition) is 3. The van der Waals surface area contributed by atoms with Gasteiger partial charge >= 0.3 is 0 Å². The van der Waals surface area contributed by atoms with Crippen molar-refractivity contribution in [2.24, 2.45) is 0 Å². The number of carbonyl (C=O) groups is 1. The van der Waals surface area contributed by atoms with Crippen LogP contribution in [0.1, 0.15) is 10.4 Å².